The summed E-state index contributed by atoms with van der Waals surface area (Å²) in [6.45, 7) is 15.4. The van der Waals surface area contributed by atoms with Crippen LogP contribution in [0.25, 0.3) is 0 Å². The third-order valence-electron chi connectivity index (χ3n) is 10.9. The van der Waals surface area contributed by atoms with Gasteiger partial charge in [-0.25, -0.2) is 0 Å². The van der Waals surface area contributed by atoms with Gasteiger partial charge in [-0.2, -0.15) is 0 Å². The number of thioether (sulfide) groups is 1. The quantitative estimate of drug-likeness (QED) is 0.390. The van der Waals surface area contributed by atoms with Gasteiger partial charge in [0.05, 0.1) is 0 Å². The van der Waals surface area contributed by atoms with Crippen LogP contribution >= 0.6 is 11.8 Å². The van der Waals surface area contributed by atoms with Crippen molar-refractivity contribution in [2.45, 2.75) is 167 Å². The van der Waals surface area contributed by atoms with Crippen molar-refractivity contribution in [1.29, 1.82) is 0 Å². The second-order valence-electron chi connectivity index (χ2n) is 15.1. The first kappa shape index (κ1) is 26.4. The second kappa shape index (κ2) is 10.4. The molecule has 0 nitrogen and oxygen atoms in total. The minimum absolute atomic E-state index is 0.467. The summed E-state index contributed by atoms with van der Waals surface area (Å²) >= 11 is 2.69. The monoisotopic (exact) mass is 474 g/mol. The lowest BCUT2D eigenvalue weighted by Gasteiger charge is -2.59. The fourth-order valence-corrected chi connectivity index (χ4v) is 12.1. The van der Waals surface area contributed by atoms with E-state index >= 15 is 0 Å². The number of rotatable bonds is 4. The molecule has 192 valence electrons. The van der Waals surface area contributed by atoms with Gasteiger partial charge in [0, 0.05) is 9.49 Å². The van der Waals surface area contributed by atoms with Crippen LogP contribution in [0.3, 0.4) is 0 Å². The van der Waals surface area contributed by atoms with Crippen molar-refractivity contribution < 1.29 is 0 Å². The molecule has 0 heterocycles. The van der Waals surface area contributed by atoms with Crippen LogP contribution in [0.4, 0.5) is 0 Å². The fourth-order valence-electron chi connectivity index (χ4n) is 9.40. The van der Waals surface area contributed by atoms with Crippen LogP contribution in [0.5, 0.6) is 0 Å². The van der Waals surface area contributed by atoms with E-state index in [4.69, 9.17) is 0 Å². The summed E-state index contributed by atoms with van der Waals surface area (Å²) < 4.78 is 1.15. The van der Waals surface area contributed by atoms with Gasteiger partial charge in [-0.1, -0.05) is 106 Å². The molecule has 0 aromatic rings. The lowest BCUT2D eigenvalue weighted by atomic mass is 9.59. The molecular formula is C32H58S. The van der Waals surface area contributed by atoms with E-state index < -0.39 is 0 Å². The van der Waals surface area contributed by atoms with E-state index in [1.807, 2.05) is 0 Å². The summed E-state index contributed by atoms with van der Waals surface area (Å²) in [5.41, 5.74) is 0.934. The van der Waals surface area contributed by atoms with Gasteiger partial charge < -0.3 is 0 Å². The first-order valence-corrected chi connectivity index (χ1v) is 16.1. The summed E-state index contributed by atoms with van der Waals surface area (Å²) in [4.78, 5) is 0. The summed E-state index contributed by atoms with van der Waals surface area (Å²) in [5, 5.41) is 0. The van der Waals surface area contributed by atoms with Crippen molar-refractivity contribution >= 4 is 11.8 Å². The highest BCUT2D eigenvalue weighted by Crippen LogP contribution is 2.64. The van der Waals surface area contributed by atoms with E-state index in [0.29, 0.717) is 20.3 Å². The number of hydrogen-bond acceptors (Lipinski definition) is 1. The zero-order valence-electron chi connectivity index (χ0n) is 23.4. The normalized spacial score (nSPS) is 35.8. The Morgan fingerprint density at radius 3 is 1.12 bits per heavy atom. The minimum Gasteiger partial charge on any atom is -0.148 e. The van der Waals surface area contributed by atoms with E-state index in [0.717, 1.165) is 23.7 Å². The fraction of sp³-hybridized carbons (Fsp3) is 1.00. The van der Waals surface area contributed by atoms with Crippen molar-refractivity contribution in [2.75, 3.05) is 0 Å². The van der Waals surface area contributed by atoms with Gasteiger partial charge in [0.25, 0.3) is 0 Å². The van der Waals surface area contributed by atoms with Crippen LogP contribution < -0.4 is 0 Å². The highest BCUT2D eigenvalue weighted by atomic mass is 32.2. The molecule has 4 saturated carbocycles. The van der Waals surface area contributed by atoms with Gasteiger partial charge in [-0.3, -0.25) is 0 Å². The van der Waals surface area contributed by atoms with Gasteiger partial charge in [-0.05, 0) is 85.9 Å². The first-order valence-electron chi connectivity index (χ1n) is 15.3. The average molecular weight is 475 g/mol. The van der Waals surface area contributed by atoms with Crippen LogP contribution in [-0.4, -0.2) is 9.49 Å². The van der Waals surface area contributed by atoms with E-state index in [-0.39, 0.29) is 0 Å². The van der Waals surface area contributed by atoms with Crippen LogP contribution in [-0.2, 0) is 0 Å². The molecular weight excluding hydrogens is 416 g/mol. The molecule has 0 aliphatic heterocycles. The predicted molar refractivity (Wildman–Crippen MR) is 149 cm³/mol. The summed E-state index contributed by atoms with van der Waals surface area (Å²) in [6, 6.07) is 0. The summed E-state index contributed by atoms with van der Waals surface area (Å²) in [5.74, 6) is 3.79. The Morgan fingerprint density at radius 2 is 0.788 bits per heavy atom. The highest BCUT2D eigenvalue weighted by Gasteiger charge is 2.55. The smallest absolute Gasteiger partial charge is 0.0196 e. The van der Waals surface area contributed by atoms with E-state index in [9.17, 15) is 0 Å². The van der Waals surface area contributed by atoms with Gasteiger partial charge >= 0.3 is 0 Å². The largest absolute Gasteiger partial charge is 0.148 e. The third kappa shape index (κ3) is 5.69. The van der Waals surface area contributed by atoms with Crippen molar-refractivity contribution in [3.05, 3.63) is 0 Å². The topological polar surface area (TPSA) is 0 Å². The maximum Gasteiger partial charge on any atom is 0.0196 e. The minimum atomic E-state index is 0.467. The first-order chi connectivity index (χ1) is 15.6. The van der Waals surface area contributed by atoms with E-state index in [1.165, 1.54) is 116 Å². The zero-order valence-corrected chi connectivity index (χ0v) is 24.3. The molecule has 0 aromatic heterocycles. The Morgan fingerprint density at radius 1 is 0.455 bits per heavy atom. The Kier molecular flexibility index (Phi) is 8.31. The number of hydrogen-bond donors (Lipinski definition) is 0. The lowest BCUT2D eigenvalue weighted by molar-refractivity contribution is 0.0546. The van der Waals surface area contributed by atoms with Crippen LogP contribution in [0, 0.1) is 34.5 Å². The Bertz CT molecular complexity index is 553. The molecule has 0 radical (unpaired) electrons. The zero-order chi connectivity index (χ0) is 23.7. The lowest BCUT2D eigenvalue weighted by Crippen LogP contribution is -2.53. The van der Waals surface area contributed by atoms with Crippen molar-refractivity contribution in [3.63, 3.8) is 0 Å². The molecule has 1 heteroatoms. The molecule has 0 aromatic carbocycles. The Labute approximate surface area is 212 Å². The van der Waals surface area contributed by atoms with Crippen molar-refractivity contribution in [2.24, 2.45) is 34.5 Å². The third-order valence-corrected chi connectivity index (χ3v) is 13.1. The van der Waals surface area contributed by atoms with E-state index in [1.54, 1.807) is 0 Å². The summed E-state index contributed by atoms with van der Waals surface area (Å²) in [7, 11) is 0. The molecule has 4 atom stereocenters. The molecule has 4 aliphatic rings. The van der Waals surface area contributed by atoms with Gasteiger partial charge in [-0.15, -0.1) is 11.8 Å². The maximum atomic E-state index is 2.69. The van der Waals surface area contributed by atoms with Crippen LogP contribution in [0.2, 0.25) is 0 Å². The molecule has 4 unspecified atom stereocenters. The summed E-state index contributed by atoms with van der Waals surface area (Å²) in [6.07, 6.45) is 27.2. The standard InChI is InChI=1S/C32H58S/c1-29(2,3)25-17-9-11-19-27(25)31(21-13-7-14-22-31)33-32(23-15-8-16-24-32)28-20-12-10-18-26(28)30(4,5)6/h25-28H,7-24H2,1-6H3. The molecule has 33 heavy (non-hydrogen) atoms. The van der Waals surface area contributed by atoms with E-state index in [2.05, 4.69) is 53.3 Å². The molecule has 0 amide bonds. The SMILES string of the molecule is CC(C)(C)C1CCCCC1C1(SC2(C3CCCCC3C(C)(C)C)CCCCC2)CCCCC1. The molecule has 4 aliphatic carbocycles. The molecule has 0 N–H and O–H groups in total. The maximum absolute atomic E-state index is 2.69. The average Bonchev–Trinajstić information content (AvgIpc) is 2.79. The predicted octanol–water partition coefficient (Wildman–Crippen LogP) is 10.8. The van der Waals surface area contributed by atoms with Crippen LogP contribution in [0.15, 0.2) is 0 Å². The van der Waals surface area contributed by atoms with Gasteiger partial charge in [0.2, 0.25) is 0 Å². The molecule has 4 rings (SSSR count). The van der Waals surface area contributed by atoms with Gasteiger partial charge in [0.15, 0.2) is 0 Å². The Balaban J connectivity index is 1.72. The Hall–Kier alpha value is 0.350. The highest BCUT2D eigenvalue weighted by molar-refractivity contribution is 8.02. The molecule has 0 spiro atoms. The molecule has 0 saturated heterocycles. The molecule has 0 bridgehead atoms. The second-order valence-corrected chi connectivity index (χ2v) is 16.9. The molecule has 4 fully saturated rings. The van der Waals surface area contributed by atoms with Crippen molar-refractivity contribution in [3.8, 4) is 0 Å². The van der Waals surface area contributed by atoms with Crippen molar-refractivity contribution in [1.82, 2.24) is 0 Å². The van der Waals surface area contributed by atoms with Gasteiger partial charge in [0.1, 0.15) is 0 Å². The van der Waals surface area contributed by atoms with Crippen LogP contribution in [0.1, 0.15) is 157 Å².